The van der Waals surface area contributed by atoms with Gasteiger partial charge in [-0.05, 0) is 98.4 Å². The summed E-state index contributed by atoms with van der Waals surface area (Å²) in [5, 5.41) is 6.51. The highest BCUT2D eigenvalue weighted by molar-refractivity contribution is 6.34. The molecule has 2 saturated carbocycles. The number of carbonyl (C=O) groups excluding carboxylic acids is 3. The maximum atomic E-state index is 13.7. The summed E-state index contributed by atoms with van der Waals surface area (Å²) < 4.78 is 0. The summed E-state index contributed by atoms with van der Waals surface area (Å²) >= 11 is 6.71. The van der Waals surface area contributed by atoms with E-state index in [1.165, 1.54) is 12.8 Å². The summed E-state index contributed by atoms with van der Waals surface area (Å²) in [5.74, 6) is 1.36. The lowest BCUT2D eigenvalue weighted by Gasteiger charge is -2.27. The first kappa shape index (κ1) is 29.7. The van der Waals surface area contributed by atoms with E-state index in [0.717, 1.165) is 64.8 Å². The monoisotopic (exact) mass is 623 g/mol. The predicted molar refractivity (Wildman–Crippen MR) is 177 cm³/mol. The Morgan fingerprint density at radius 2 is 1.78 bits per heavy atom. The number of nitrogens with two attached hydrogens (primary N) is 1. The molecule has 2 heterocycles. The molecule has 5 N–H and O–H groups in total. The van der Waals surface area contributed by atoms with Crippen LogP contribution in [0, 0.1) is 17.8 Å². The number of aromatic nitrogens is 2. The number of nitrogens with one attached hydrogen (secondary N) is 3. The molecule has 4 aromatic rings. The van der Waals surface area contributed by atoms with Gasteiger partial charge in [0, 0.05) is 41.1 Å². The molecule has 0 radical (unpaired) electrons. The zero-order valence-electron chi connectivity index (χ0n) is 25.2. The number of Topliss-reactive ketones (excluding diaryl/α,β-unsaturated/α-hetero) is 1. The van der Waals surface area contributed by atoms with Crippen molar-refractivity contribution in [3.05, 3.63) is 76.6 Å². The highest BCUT2D eigenvalue weighted by atomic mass is 35.5. The number of fused-ring (bicyclic) bond motifs is 2. The second kappa shape index (κ2) is 12.4. The summed E-state index contributed by atoms with van der Waals surface area (Å²) in [6.45, 7) is 0.658. The lowest BCUT2D eigenvalue weighted by atomic mass is 9.77. The van der Waals surface area contributed by atoms with Crippen molar-refractivity contribution in [2.45, 2.75) is 63.7 Å². The molecule has 2 amide bonds. The number of hydrogen-bond donors (Lipinski definition) is 4. The van der Waals surface area contributed by atoms with Crippen molar-refractivity contribution in [3.63, 3.8) is 0 Å². The van der Waals surface area contributed by atoms with Gasteiger partial charge in [-0.25, -0.2) is 4.98 Å². The van der Waals surface area contributed by atoms with E-state index in [1.807, 2.05) is 48.5 Å². The van der Waals surface area contributed by atoms with Gasteiger partial charge in [0.2, 0.25) is 11.8 Å². The molecule has 3 aromatic carbocycles. The molecule has 2 fully saturated rings. The topological polar surface area (TPSA) is 130 Å². The fourth-order valence-electron chi connectivity index (χ4n) is 6.85. The van der Waals surface area contributed by atoms with Crippen LogP contribution in [-0.2, 0) is 27.2 Å². The number of ketones is 1. The Kier molecular flexibility index (Phi) is 8.19. The first-order valence-corrected chi connectivity index (χ1v) is 16.5. The first-order chi connectivity index (χ1) is 21.8. The van der Waals surface area contributed by atoms with Crippen LogP contribution >= 0.6 is 11.6 Å². The molecule has 7 rings (SSSR count). The second-order valence-corrected chi connectivity index (χ2v) is 13.5. The molecule has 8 nitrogen and oxygen atoms in total. The quantitative estimate of drug-likeness (QED) is 0.155. The third-order valence-corrected chi connectivity index (χ3v) is 10.1. The highest BCUT2D eigenvalue weighted by Gasteiger charge is 2.31. The largest absolute Gasteiger partial charge is 0.342 e. The lowest BCUT2D eigenvalue weighted by molar-refractivity contribution is -0.129. The van der Waals surface area contributed by atoms with Gasteiger partial charge in [-0.3, -0.25) is 14.4 Å². The van der Waals surface area contributed by atoms with Crippen molar-refractivity contribution >= 4 is 51.6 Å². The van der Waals surface area contributed by atoms with Gasteiger partial charge in [-0.1, -0.05) is 41.9 Å². The van der Waals surface area contributed by atoms with Crippen molar-refractivity contribution in [1.82, 2.24) is 9.97 Å². The van der Waals surface area contributed by atoms with Gasteiger partial charge < -0.3 is 21.4 Å². The number of aromatic amines is 1. The molecule has 1 atom stereocenters. The minimum Gasteiger partial charge on any atom is -0.342 e. The van der Waals surface area contributed by atoms with Gasteiger partial charge in [0.25, 0.3) is 0 Å². The lowest BCUT2D eigenvalue weighted by Crippen LogP contribution is -2.31. The maximum absolute atomic E-state index is 13.7. The van der Waals surface area contributed by atoms with Gasteiger partial charge >= 0.3 is 0 Å². The molecule has 2 aliphatic carbocycles. The van der Waals surface area contributed by atoms with Crippen LogP contribution in [0.3, 0.4) is 0 Å². The standard InChI is InChI=1S/C36H38ClN5O3/c37-29-18-32-31(41-35(42-32)24-9-10-24)17-28(29)22-5-1-20(2-6-22)13-26(14-33(43)23-7-3-21(19-38)4-8-23)36(45)39-27-12-11-25-15-34(44)40-30(25)16-27/h1-2,5-6,11-12,16-18,21,23-24,26H,3-4,7-10,13-15,19,38H2,(H,39,45)(H,40,44)(H,41,42)/t21?,23?,26-/m1/s1. The minimum absolute atomic E-state index is 0.0276. The van der Waals surface area contributed by atoms with Gasteiger partial charge in [0.1, 0.15) is 11.6 Å². The number of halogens is 1. The third-order valence-electron chi connectivity index (χ3n) is 9.76. The number of rotatable bonds is 10. The molecule has 0 saturated heterocycles. The van der Waals surface area contributed by atoms with Crippen molar-refractivity contribution < 1.29 is 14.4 Å². The van der Waals surface area contributed by atoms with Crippen molar-refractivity contribution in [1.29, 1.82) is 0 Å². The highest BCUT2D eigenvalue weighted by Crippen LogP contribution is 2.40. The van der Waals surface area contributed by atoms with E-state index >= 15 is 0 Å². The summed E-state index contributed by atoms with van der Waals surface area (Å²) in [7, 11) is 0. The number of anilines is 2. The number of benzene rings is 3. The van der Waals surface area contributed by atoms with Gasteiger partial charge in [0.15, 0.2) is 0 Å². The van der Waals surface area contributed by atoms with Crippen LogP contribution in [0.5, 0.6) is 0 Å². The van der Waals surface area contributed by atoms with Gasteiger partial charge in [-0.15, -0.1) is 0 Å². The zero-order chi connectivity index (χ0) is 31.1. The fourth-order valence-corrected chi connectivity index (χ4v) is 7.12. The van der Waals surface area contributed by atoms with Crippen molar-refractivity contribution in [2.24, 2.45) is 23.5 Å². The van der Waals surface area contributed by atoms with E-state index in [4.69, 9.17) is 22.3 Å². The van der Waals surface area contributed by atoms with Crippen LogP contribution in [0.4, 0.5) is 11.4 Å². The molecule has 232 valence electrons. The Morgan fingerprint density at radius 3 is 2.51 bits per heavy atom. The number of nitrogens with zero attached hydrogens (tertiary/aromatic N) is 1. The van der Waals surface area contributed by atoms with E-state index in [2.05, 4.69) is 15.6 Å². The van der Waals surface area contributed by atoms with Crippen LogP contribution in [0.25, 0.3) is 22.2 Å². The van der Waals surface area contributed by atoms with Crippen LogP contribution < -0.4 is 16.4 Å². The van der Waals surface area contributed by atoms with Crippen LogP contribution in [0.2, 0.25) is 5.02 Å². The third kappa shape index (κ3) is 6.53. The molecule has 0 spiro atoms. The molecule has 3 aliphatic rings. The number of hydrogen-bond acceptors (Lipinski definition) is 5. The molecule has 9 heteroatoms. The van der Waals surface area contributed by atoms with E-state index in [0.29, 0.717) is 47.6 Å². The van der Waals surface area contributed by atoms with Crippen LogP contribution in [-0.4, -0.2) is 34.1 Å². The minimum atomic E-state index is -0.539. The van der Waals surface area contributed by atoms with Crippen LogP contribution in [0.1, 0.15) is 67.8 Å². The molecular formula is C36H38ClN5O3. The normalized spacial score (nSPS) is 20.1. The Labute approximate surface area is 267 Å². The smallest absolute Gasteiger partial charge is 0.228 e. The Balaban J connectivity index is 1.09. The molecular weight excluding hydrogens is 586 g/mol. The SMILES string of the molecule is NCC1CCC(C(=O)C[C@@H](Cc2ccc(-c3cc4nc(C5CC5)[nH]c4cc3Cl)cc2)C(=O)Nc2ccc3c(c2)NC(=O)C3)CC1. The summed E-state index contributed by atoms with van der Waals surface area (Å²) in [5.41, 5.74) is 12.8. The Morgan fingerprint density at radius 1 is 1.00 bits per heavy atom. The van der Waals surface area contributed by atoms with Gasteiger partial charge in [0.05, 0.1) is 22.5 Å². The first-order valence-electron chi connectivity index (χ1n) is 16.1. The summed E-state index contributed by atoms with van der Waals surface area (Å²) in [6.07, 6.45) is 6.87. The summed E-state index contributed by atoms with van der Waals surface area (Å²) in [6, 6.07) is 17.5. The fraction of sp³-hybridized carbons (Fsp3) is 0.389. The van der Waals surface area contributed by atoms with E-state index in [-0.39, 0.29) is 29.9 Å². The van der Waals surface area contributed by atoms with E-state index in [9.17, 15) is 14.4 Å². The average molecular weight is 624 g/mol. The van der Waals surface area contributed by atoms with Gasteiger partial charge in [-0.2, -0.15) is 0 Å². The predicted octanol–water partition coefficient (Wildman–Crippen LogP) is 6.78. The van der Waals surface area contributed by atoms with E-state index in [1.54, 1.807) is 6.07 Å². The number of H-pyrrole nitrogens is 1. The average Bonchev–Trinajstić information content (AvgIpc) is 3.71. The Hall–Kier alpha value is -4.01. The summed E-state index contributed by atoms with van der Waals surface area (Å²) in [4.78, 5) is 47.2. The molecule has 0 bridgehead atoms. The zero-order valence-corrected chi connectivity index (χ0v) is 26.0. The number of amides is 2. The molecule has 1 aromatic heterocycles. The van der Waals surface area contributed by atoms with Crippen molar-refractivity contribution in [2.75, 3.05) is 17.2 Å². The maximum Gasteiger partial charge on any atom is 0.228 e. The molecule has 0 unspecified atom stereocenters. The number of imidazole rings is 1. The molecule has 45 heavy (non-hydrogen) atoms. The number of carbonyl (C=O) groups is 3. The van der Waals surface area contributed by atoms with Crippen LogP contribution in [0.15, 0.2) is 54.6 Å². The second-order valence-electron chi connectivity index (χ2n) is 13.1. The van der Waals surface area contributed by atoms with E-state index < -0.39 is 5.92 Å². The molecule has 1 aliphatic heterocycles. The Bertz CT molecular complexity index is 1770. The van der Waals surface area contributed by atoms with Crippen molar-refractivity contribution in [3.8, 4) is 11.1 Å².